The number of nitrogens with zero attached hydrogens (tertiary/aromatic N) is 2. The summed E-state index contributed by atoms with van der Waals surface area (Å²) in [5, 5.41) is 8.88. The first-order valence-electron chi connectivity index (χ1n) is 9.67. The van der Waals surface area contributed by atoms with Crippen molar-refractivity contribution in [2.75, 3.05) is 18.6 Å². The molecule has 31 heavy (non-hydrogen) atoms. The van der Waals surface area contributed by atoms with Crippen LogP contribution in [0.1, 0.15) is 36.5 Å². The van der Waals surface area contributed by atoms with Gasteiger partial charge in [0.2, 0.25) is 0 Å². The molecule has 1 amide bonds. The third-order valence-electron chi connectivity index (χ3n) is 4.46. The molecule has 1 atom stereocenters. The highest BCUT2D eigenvalue weighted by molar-refractivity contribution is 9.10. The number of hydrogen-bond acceptors (Lipinski definition) is 6. The number of hydrogen-bond donors (Lipinski definition) is 0. The van der Waals surface area contributed by atoms with Crippen molar-refractivity contribution in [3.63, 3.8) is 0 Å². The van der Waals surface area contributed by atoms with E-state index >= 15 is 0 Å². The molecule has 0 bridgehead atoms. The lowest BCUT2D eigenvalue weighted by atomic mass is 10.1. The van der Waals surface area contributed by atoms with E-state index in [-0.39, 0.29) is 31.6 Å². The Labute approximate surface area is 189 Å². The average molecular weight is 487 g/mol. The number of Topliss-reactive ketones (excluding diaryl/α,β-unsaturated/α-hetero) is 1. The zero-order chi connectivity index (χ0) is 22.8. The Kier molecular flexibility index (Phi) is 9.22. The maximum atomic E-state index is 12.8. The molecule has 1 unspecified atom stereocenters. The van der Waals surface area contributed by atoms with Crippen LogP contribution in [-0.2, 0) is 14.3 Å². The largest absolute Gasteiger partial charge is 0.496 e. The first-order chi connectivity index (χ1) is 14.9. The number of methoxy groups -OCH3 is 1. The smallest absolute Gasteiger partial charge is 0.307 e. The number of ketones is 1. The number of ether oxygens (including phenoxy) is 2. The van der Waals surface area contributed by atoms with Crippen molar-refractivity contribution in [1.82, 2.24) is 0 Å². The number of carbonyl (C=O) groups excluding carboxylic acids is 3. The van der Waals surface area contributed by atoms with Gasteiger partial charge in [0.15, 0.2) is 11.9 Å². The van der Waals surface area contributed by atoms with E-state index in [1.165, 1.54) is 18.9 Å². The highest BCUT2D eigenvalue weighted by Gasteiger charge is 2.25. The number of anilines is 1. The quantitative estimate of drug-likeness (QED) is 0.366. The van der Waals surface area contributed by atoms with E-state index in [1.54, 1.807) is 42.5 Å². The molecule has 0 saturated carbocycles. The number of rotatable bonds is 10. The molecule has 7 nitrogen and oxygen atoms in total. The van der Waals surface area contributed by atoms with Crippen molar-refractivity contribution < 1.29 is 23.9 Å². The van der Waals surface area contributed by atoms with Gasteiger partial charge < -0.3 is 14.4 Å². The van der Waals surface area contributed by atoms with Gasteiger partial charge in [-0.2, -0.15) is 5.26 Å². The zero-order valence-electron chi connectivity index (χ0n) is 17.3. The van der Waals surface area contributed by atoms with E-state index in [9.17, 15) is 14.4 Å². The fraction of sp³-hybridized carbons (Fsp3) is 0.304. The minimum atomic E-state index is -1.05. The van der Waals surface area contributed by atoms with Crippen LogP contribution >= 0.6 is 15.9 Å². The fourth-order valence-corrected chi connectivity index (χ4v) is 3.27. The lowest BCUT2D eigenvalue weighted by molar-refractivity contribution is -0.153. The van der Waals surface area contributed by atoms with Crippen LogP contribution in [0.15, 0.2) is 53.0 Å². The van der Waals surface area contributed by atoms with E-state index in [1.807, 2.05) is 12.1 Å². The highest BCUT2D eigenvalue weighted by Crippen LogP contribution is 2.25. The minimum Gasteiger partial charge on any atom is -0.496 e. The summed E-state index contributed by atoms with van der Waals surface area (Å²) < 4.78 is 11.2. The monoisotopic (exact) mass is 486 g/mol. The van der Waals surface area contributed by atoms with Crippen molar-refractivity contribution in [2.45, 2.75) is 32.3 Å². The van der Waals surface area contributed by atoms with Crippen LogP contribution in [0.5, 0.6) is 5.75 Å². The lowest BCUT2D eigenvalue weighted by Gasteiger charge is -2.25. The molecule has 0 heterocycles. The second-order valence-corrected chi connectivity index (χ2v) is 7.55. The van der Waals surface area contributed by atoms with Gasteiger partial charge in [-0.25, -0.2) is 0 Å². The molecule has 0 saturated heterocycles. The van der Waals surface area contributed by atoms with Gasteiger partial charge in [0, 0.05) is 23.1 Å². The van der Waals surface area contributed by atoms with Crippen LogP contribution in [0.25, 0.3) is 0 Å². The second-order valence-electron chi connectivity index (χ2n) is 6.63. The Hall–Kier alpha value is -3.18. The Balaban J connectivity index is 1.98. The van der Waals surface area contributed by atoms with E-state index in [4.69, 9.17) is 14.7 Å². The summed E-state index contributed by atoms with van der Waals surface area (Å²) >= 11 is 3.31. The molecule has 8 heteroatoms. The molecule has 0 aromatic heterocycles. The molecule has 0 spiro atoms. The summed E-state index contributed by atoms with van der Waals surface area (Å²) in [6.07, 6.45) is -1.16. The van der Waals surface area contributed by atoms with Crippen molar-refractivity contribution in [3.05, 3.63) is 58.6 Å². The van der Waals surface area contributed by atoms with Crippen molar-refractivity contribution in [2.24, 2.45) is 0 Å². The van der Waals surface area contributed by atoms with Gasteiger partial charge >= 0.3 is 5.97 Å². The molecule has 162 valence electrons. The van der Waals surface area contributed by atoms with Crippen LogP contribution in [0.2, 0.25) is 0 Å². The third kappa shape index (κ3) is 6.93. The molecule has 2 rings (SSSR count). The maximum absolute atomic E-state index is 12.8. The lowest BCUT2D eigenvalue weighted by Crippen LogP contribution is -2.40. The summed E-state index contributed by atoms with van der Waals surface area (Å²) in [5.74, 6) is -0.943. The van der Waals surface area contributed by atoms with Crippen LogP contribution in [0, 0.1) is 11.3 Å². The third-order valence-corrected chi connectivity index (χ3v) is 4.95. The Bertz CT molecular complexity index is 972. The highest BCUT2D eigenvalue weighted by atomic mass is 79.9. The van der Waals surface area contributed by atoms with E-state index < -0.39 is 18.0 Å². The molecule has 0 aliphatic rings. The molecule has 0 radical (unpaired) electrons. The normalized spacial score (nSPS) is 11.2. The van der Waals surface area contributed by atoms with Crippen LogP contribution < -0.4 is 9.64 Å². The van der Waals surface area contributed by atoms with Crippen molar-refractivity contribution in [3.8, 4) is 11.8 Å². The van der Waals surface area contributed by atoms with Crippen molar-refractivity contribution >= 4 is 39.3 Å². The predicted molar refractivity (Wildman–Crippen MR) is 119 cm³/mol. The first kappa shape index (κ1) is 24.1. The van der Waals surface area contributed by atoms with E-state index in [0.717, 1.165) is 4.47 Å². The number of esters is 1. The summed E-state index contributed by atoms with van der Waals surface area (Å²) in [4.78, 5) is 39.0. The molecule has 2 aromatic rings. The first-order valence-corrected chi connectivity index (χ1v) is 10.5. The summed E-state index contributed by atoms with van der Waals surface area (Å²) in [6, 6.07) is 15.9. The summed E-state index contributed by atoms with van der Waals surface area (Å²) in [7, 11) is 1.46. The molecular weight excluding hydrogens is 464 g/mol. The molecule has 0 fully saturated rings. The Morgan fingerprint density at radius 2 is 1.84 bits per heavy atom. The van der Waals surface area contributed by atoms with Gasteiger partial charge in [-0.15, -0.1) is 0 Å². The van der Waals surface area contributed by atoms with Gasteiger partial charge in [0.1, 0.15) is 5.75 Å². The van der Waals surface area contributed by atoms with Crippen LogP contribution in [0.4, 0.5) is 5.69 Å². The number of nitriles is 1. The van der Waals surface area contributed by atoms with Gasteiger partial charge in [-0.3, -0.25) is 14.4 Å². The van der Waals surface area contributed by atoms with Crippen LogP contribution in [0.3, 0.4) is 0 Å². The average Bonchev–Trinajstić information content (AvgIpc) is 2.78. The zero-order valence-corrected chi connectivity index (χ0v) is 18.9. The number of benzene rings is 2. The Morgan fingerprint density at radius 1 is 1.13 bits per heavy atom. The maximum Gasteiger partial charge on any atom is 0.307 e. The van der Waals surface area contributed by atoms with Gasteiger partial charge in [-0.05, 0) is 37.3 Å². The second kappa shape index (κ2) is 11.9. The van der Waals surface area contributed by atoms with Gasteiger partial charge in [0.05, 0.1) is 31.6 Å². The molecule has 0 aliphatic heterocycles. The topological polar surface area (TPSA) is 96.7 Å². The standard InChI is InChI=1S/C23H23BrN2O5/c1-16(23(29)26(14-6-13-25)18-7-4-3-5-8-18)31-22(28)12-10-20(27)19-15-17(24)9-11-21(19)30-2/h3-5,7-9,11,15-16H,6,10,12,14H2,1-2H3. The SMILES string of the molecule is COc1ccc(Br)cc1C(=O)CCC(=O)OC(C)C(=O)N(CCC#N)c1ccccc1. The fourth-order valence-electron chi connectivity index (χ4n) is 2.91. The molecule has 0 N–H and O–H groups in total. The molecule has 2 aromatic carbocycles. The van der Waals surface area contributed by atoms with Gasteiger partial charge in [-0.1, -0.05) is 34.1 Å². The summed E-state index contributed by atoms with van der Waals surface area (Å²) in [6.45, 7) is 1.66. The molecule has 0 aliphatic carbocycles. The Morgan fingerprint density at radius 3 is 2.48 bits per heavy atom. The van der Waals surface area contributed by atoms with E-state index in [0.29, 0.717) is 17.0 Å². The number of para-hydroxylation sites is 1. The van der Waals surface area contributed by atoms with Crippen molar-refractivity contribution in [1.29, 1.82) is 5.26 Å². The van der Waals surface area contributed by atoms with E-state index in [2.05, 4.69) is 15.9 Å². The number of amides is 1. The predicted octanol–water partition coefficient (Wildman–Crippen LogP) is 4.30. The summed E-state index contributed by atoms with van der Waals surface area (Å²) in [5.41, 5.74) is 0.975. The van der Waals surface area contributed by atoms with Crippen LogP contribution in [-0.4, -0.2) is 37.4 Å². The number of halogens is 1. The minimum absolute atomic E-state index is 0.0800. The van der Waals surface area contributed by atoms with Gasteiger partial charge in [0.25, 0.3) is 5.91 Å². The molecular formula is C23H23BrN2O5. The number of carbonyl (C=O) groups is 3.